The molecule has 0 radical (unpaired) electrons. The van der Waals surface area contributed by atoms with Gasteiger partial charge in [0.1, 0.15) is 5.75 Å². The quantitative estimate of drug-likeness (QED) is 0.661. The van der Waals surface area contributed by atoms with E-state index in [2.05, 4.69) is 0 Å². The third-order valence-electron chi connectivity index (χ3n) is 4.40. The molecule has 0 aliphatic carbocycles. The van der Waals surface area contributed by atoms with Crippen LogP contribution >= 0.6 is 11.3 Å². The second-order valence-electron chi connectivity index (χ2n) is 6.24. The van der Waals surface area contributed by atoms with Crippen molar-refractivity contribution < 1.29 is 14.6 Å². The fourth-order valence-electron chi connectivity index (χ4n) is 2.98. The van der Waals surface area contributed by atoms with Gasteiger partial charge in [-0.3, -0.25) is 4.79 Å². The van der Waals surface area contributed by atoms with E-state index in [1.165, 1.54) is 11.3 Å². The minimum absolute atomic E-state index is 0.0548. The van der Waals surface area contributed by atoms with Crippen molar-refractivity contribution in [3.63, 3.8) is 0 Å². The second-order valence-corrected chi connectivity index (χ2v) is 7.50. The molecule has 140 valence electrons. The number of rotatable bonds is 7. The van der Waals surface area contributed by atoms with Gasteiger partial charge in [0.2, 0.25) is 0 Å². The van der Waals surface area contributed by atoms with E-state index >= 15 is 0 Å². The van der Waals surface area contributed by atoms with Crippen LogP contribution in [-0.4, -0.2) is 36.2 Å². The topological polar surface area (TPSA) is 49.8 Å². The zero-order chi connectivity index (χ0) is 19.2. The lowest BCUT2D eigenvalue weighted by atomic mass is 10.1. The van der Waals surface area contributed by atoms with Crippen LogP contribution in [-0.2, 0) is 6.54 Å². The van der Waals surface area contributed by atoms with Gasteiger partial charge in [0.25, 0.3) is 5.91 Å². The van der Waals surface area contributed by atoms with Crippen LogP contribution in [0.25, 0.3) is 11.1 Å². The number of carbonyl (C=O) groups excluding carboxylic acids is 1. The predicted octanol–water partition coefficient (Wildman–Crippen LogP) is 4.37. The Hall–Kier alpha value is -2.63. The van der Waals surface area contributed by atoms with E-state index in [1.807, 2.05) is 67.6 Å². The lowest BCUT2D eigenvalue weighted by Crippen LogP contribution is -2.32. The summed E-state index contributed by atoms with van der Waals surface area (Å²) in [6, 6.07) is 19.6. The van der Waals surface area contributed by atoms with Crippen molar-refractivity contribution in [2.24, 2.45) is 0 Å². The second kappa shape index (κ2) is 8.84. The number of amides is 1. The molecule has 0 bridgehead atoms. The Morgan fingerprint density at radius 1 is 1.11 bits per heavy atom. The molecule has 2 aromatic carbocycles. The summed E-state index contributed by atoms with van der Waals surface area (Å²) in [5.41, 5.74) is 3.15. The van der Waals surface area contributed by atoms with Crippen LogP contribution in [0, 0.1) is 6.92 Å². The number of aryl methyl sites for hydroxylation is 1. The third-order valence-corrected chi connectivity index (χ3v) is 5.44. The first kappa shape index (κ1) is 19.1. The fraction of sp³-hybridized carbons (Fsp3) is 0.227. The summed E-state index contributed by atoms with van der Waals surface area (Å²) < 4.78 is 5.21. The average molecular weight is 381 g/mol. The number of hydrogen-bond acceptors (Lipinski definition) is 4. The highest BCUT2D eigenvalue weighted by Gasteiger charge is 2.20. The van der Waals surface area contributed by atoms with E-state index in [0.29, 0.717) is 18.0 Å². The van der Waals surface area contributed by atoms with Crippen LogP contribution in [0.3, 0.4) is 0 Å². The number of carbonyl (C=O) groups is 1. The normalized spacial score (nSPS) is 10.6. The van der Waals surface area contributed by atoms with Crippen molar-refractivity contribution in [3.05, 3.63) is 76.0 Å². The first-order valence-corrected chi connectivity index (χ1v) is 9.63. The summed E-state index contributed by atoms with van der Waals surface area (Å²) in [4.78, 5) is 16.5. The molecule has 0 aliphatic rings. The number of aliphatic hydroxyl groups is 1. The van der Waals surface area contributed by atoms with E-state index in [9.17, 15) is 9.90 Å². The Bertz CT molecular complexity index is 888. The fourth-order valence-corrected chi connectivity index (χ4v) is 3.99. The maximum Gasteiger partial charge on any atom is 0.264 e. The summed E-state index contributed by atoms with van der Waals surface area (Å²) in [5.74, 6) is 0.751. The van der Waals surface area contributed by atoms with Crippen molar-refractivity contribution in [1.82, 2.24) is 4.90 Å². The van der Waals surface area contributed by atoms with Gasteiger partial charge >= 0.3 is 0 Å². The van der Waals surface area contributed by atoms with E-state index in [1.54, 1.807) is 12.0 Å². The Morgan fingerprint density at radius 2 is 1.81 bits per heavy atom. The monoisotopic (exact) mass is 381 g/mol. The SMILES string of the molecule is COc1ccc(-c2cc(C(=O)N(CCO)Cc3ccccc3)sc2C)cc1. The van der Waals surface area contributed by atoms with Gasteiger partial charge < -0.3 is 14.7 Å². The Morgan fingerprint density at radius 3 is 2.44 bits per heavy atom. The van der Waals surface area contributed by atoms with Crippen LogP contribution in [0.4, 0.5) is 0 Å². The molecule has 1 heterocycles. The minimum Gasteiger partial charge on any atom is -0.497 e. The number of nitrogens with zero attached hydrogens (tertiary/aromatic N) is 1. The van der Waals surface area contributed by atoms with Gasteiger partial charge in [-0.15, -0.1) is 11.3 Å². The molecule has 1 aromatic heterocycles. The number of methoxy groups -OCH3 is 1. The number of hydrogen-bond donors (Lipinski definition) is 1. The molecular weight excluding hydrogens is 358 g/mol. The largest absolute Gasteiger partial charge is 0.497 e. The first-order chi connectivity index (χ1) is 13.1. The van der Waals surface area contributed by atoms with E-state index in [4.69, 9.17) is 4.74 Å². The lowest BCUT2D eigenvalue weighted by molar-refractivity contribution is 0.0712. The maximum atomic E-state index is 13.0. The molecule has 0 unspecified atom stereocenters. The van der Waals surface area contributed by atoms with Crippen LogP contribution in [0.2, 0.25) is 0 Å². The molecule has 5 heteroatoms. The van der Waals surface area contributed by atoms with Gasteiger partial charge in [-0.2, -0.15) is 0 Å². The molecule has 0 saturated carbocycles. The third kappa shape index (κ3) is 4.56. The molecular formula is C22H23NO3S. The summed E-state index contributed by atoms with van der Waals surface area (Å²) >= 11 is 1.49. The van der Waals surface area contributed by atoms with Gasteiger partial charge in [0.05, 0.1) is 18.6 Å². The molecule has 1 N–H and O–H groups in total. The predicted molar refractivity (Wildman–Crippen MR) is 109 cm³/mol. The van der Waals surface area contributed by atoms with Crippen molar-refractivity contribution in [2.75, 3.05) is 20.3 Å². The molecule has 0 spiro atoms. The van der Waals surface area contributed by atoms with Crippen LogP contribution < -0.4 is 4.74 Å². The van der Waals surface area contributed by atoms with Gasteiger partial charge in [-0.05, 0) is 41.8 Å². The Labute approximate surface area is 163 Å². The van der Waals surface area contributed by atoms with Crippen LogP contribution in [0.1, 0.15) is 20.1 Å². The van der Waals surface area contributed by atoms with E-state index in [0.717, 1.165) is 27.3 Å². The number of ether oxygens (including phenoxy) is 1. The summed E-state index contributed by atoms with van der Waals surface area (Å²) in [5, 5.41) is 9.40. The number of aliphatic hydroxyl groups excluding tert-OH is 1. The van der Waals surface area contributed by atoms with Crippen molar-refractivity contribution in [3.8, 4) is 16.9 Å². The molecule has 0 saturated heterocycles. The highest BCUT2D eigenvalue weighted by atomic mass is 32.1. The van der Waals surface area contributed by atoms with Crippen LogP contribution in [0.15, 0.2) is 60.7 Å². The van der Waals surface area contributed by atoms with Gasteiger partial charge in [0.15, 0.2) is 0 Å². The molecule has 27 heavy (non-hydrogen) atoms. The van der Waals surface area contributed by atoms with Crippen molar-refractivity contribution >= 4 is 17.2 Å². The molecule has 0 fully saturated rings. The molecule has 0 atom stereocenters. The van der Waals surface area contributed by atoms with E-state index in [-0.39, 0.29) is 12.5 Å². The zero-order valence-corrected chi connectivity index (χ0v) is 16.3. The molecule has 3 aromatic rings. The average Bonchev–Trinajstić information content (AvgIpc) is 3.09. The molecule has 1 amide bonds. The molecule has 4 nitrogen and oxygen atoms in total. The highest BCUT2D eigenvalue weighted by molar-refractivity contribution is 7.14. The Kier molecular flexibility index (Phi) is 6.27. The smallest absolute Gasteiger partial charge is 0.264 e. The van der Waals surface area contributed by atoms with E-state index < -0.39 is 0 Å². The first-order valence-electron chi connectivity index (χ1n) is 8.81. The summed E-state index contributed by atoms with van der Waals surface area (Å²) in [6.07, 6.45) is 0. The summed E-state index contributed by atoms with van der Waals surface area (Å²) in [6.45, 7) is 2.75. The minimum atomic E-state index is -0.0612. The van der Waals surface area contributed by atoms with Gasteiger partial charge in [0, 0.05) is 18.0 Å². The van der Waals surface area contributed by atoms with Gasteiger partial charge in [-0.25, -0.2) is 0 Å². The lowest BCUT2D eigenvalue weighted by Gasteiger charge is -2.21. The van der Waals surface area contributed by atoms with Crippen molar-refractivity contribution in [2.45, 2.75) is 13.5 Å². The van der Waals surface area contributed by atoms with Gasteiger partial charge in [-0.1, -0.05) is 42.5 Å². The number of benzene rings is 2. The highest BCUT2D eigenvalue weighted by Crippen LogP contribution is 2.32. The van der Waals surface area contributed by atoms with Crippen LogP contribution in [0.5, 0.6) is 5.75 Å². The maximum absolute atomic E-state index is 13.0. The summed E-state index contributed by atoms with van der Waals surface area (Å²) in [7, 11) is 1.64. The zero-order valence-electron chi connectivity index (χ0n) is 15.5. The van der Waals surface area contributed by atoms with Crippen molar-refractivity contribution in [1.29, 1.82) is 0 Å². The molecule has 0 aliphatic heterocycles. The standard InChI is InChI=1S/C22H23NO3S/c1-16-20(18-8-10-19(26-2)11-9-18)14-21(27-16)22(25)23(12-13-24)15-17-6-4-3-5-7-17/h3-11,14,24H,12-13,15H2,1-2H3. The Balaban J connectivity index is 1.84. The number of thiophene rings is 1. The molecule has 3 rings (SSSR count).